The van der Waals surface area contributed by atoms with Gasteiger partial charge in [0.05, 0.1) is 6.54 Å². The molecule has 2 rings (SSSR count). The quantitative estimate of drug-likeness (QED) is 0.841. The topological polar surface area (TPSA) is 46.1 Å². The van der Waals surface area contributed by atoms with E-state index in [-0.39, 0.29) is 12.1 Å². The third-order valence-corrected chi connectivity index (χ3v) is 3.54. The zero-order valence-electron chi connectivity index (χ0n) is 12.7. The Balaban J connectivity index is 1.90. The van der Waals surface area contributed by atoms with Gasteiger partial charge < -0.3 is 15.2 Å². The van der Waals surface area contributed by atoms with Crippen molar-refractivity contribution in [1.29, 1.82) is 0 Å². The molecule has 2 amide bonds. The molecular weight excluding hydrogens is 262 g/mol. The molecule has 0 fully saturated rings. The second-order valence-electron chi connectivity index (χ2n) is 5.25. The van der Waals surface area contributed by atoms with Crippen LogP contribution in [0.5, 0.6) is 0 Å². The standard InChI is InChI=1S/C17H23N3O/c1-3-14(2)19-17(21)18-12-16-10-7-11-20(16)13-15-8-5-4-6-9-15/h4-11,14H,3,12-13H2,1-2H3,(H2,18,19,21). The van der Waals surface area contributed by atoms with Gasteiger partial charge in [0.2, 0.25) is 0 Å². The molecule has 1 unspecified atom stereocenters. The highest BCUT2D eigenvalue weighted by atomic mass is 16.2. The fourth-order valence-electron chi connectivity index (χ4n) is 2.09. The summed E-state index contributed by atoms with van der Waals surface area (Å²) in [4.78, 5) is 11.7. The highest BCUT2D eigenvalue weighted by Gasteiger charge is 2.06. The van der Waals surface area contributed by atoms with Crippen LogP contribution in [0.4, 0.5) is 4.79 Å². The largest absolute Gasteiger partial charge is 0.345 e. The Kier molecular flexibility index (Phi) is 5.43. The van der Waals surface area contributed by atoms with E-state index in [0.29, 0.717) is 6.54 Å². The fourth-order valence-corrected chi connectivity index (χ4v) is 2.09. The number of amides is 2. The molecule has 0 spiro atoms. The number of rotatable bonds is 6. The van der Waals surface area contributed by atoms with Gasteiger partial charge in [-0.15, -0.1) is 0 Å². The molecule has 1 aromatic carbocycles. The fraction of sp³-hybridized carbons (Fsp3) is 0.353. The Morgan fingerprint density at radius 1 is 1.19 bits per heavy atom. The Labute approximate surface area is 126 Å². The van der Waals surface area contributed by atoms with Gasteiger partial charge >= 0.3 is 6.03 Å². The maximum absolute atomic E-state index is 11.7. The zero-order chi connectivity index (χ0) is 15.1. The van der Waals surface area contributed by atoms with E-state index < -0.39 is 0 Å². The SMILES string of the molecule is CCC(C)NC(=O)NCc1cccn1Cc1ccccc1. The number of nitrogens with zero attached hydrogens (tertiary/aromatic N) is 1. The highest BCUT2D eigenvalue weighted by Crippen LogP contribution is 2.07. The molecule has 0 aliphatic carbocycles. The lowest BCUT2D eigenvalue weighted by Gasteiger charge is -2.14. The van der Waals surface area contributed by atoms with Crippen molar-refractivity contribution in [3.63, 3.8) is 0 Å². The summed E-state index contributed by atoms with van der Waals surface area (Å²) in [7, 11) is 0. The van der Waals surface area contributed by atoms with E-state index in [9.17, 15) is 4.79 Å². The second kappa shape index (κ2) is 7.53. The second-order valence-corrected chi connectivity index (χ2v) is 5.25. The smallest absolute Gasteiger partial charge is 0.315 e. The van der Waals surface area contributed by atoms with E-state index in [0.717, 1.165) is 18.7 Å². The number of aromatic nitrogens is 1. The van der Waals surface area contributed by atoms with Crippen LogP contribution in [0.25, 0.3) is 0 Å². The summed E-state index contributed by atoms with van der Waals surface area (Å²) in [5.74, 6) is 0. The van der Waals surface area contributed by atoms with Crippen molar-refractivity contribution in [2.75, 3.05) is 0 Å². The summed E-state index contributed by atoms with van der Waals surface area (Å²) >= 11 is 0. The van der Waals surface area contributed by atoms with Crippen molar-refractivity contribution in [3.05, 3.63) is 59.9 Å². The van der Waals surface area contributed by atoms with E-state index >= 15 is 0 Å². The van der Waals surface area contributed by atoms with Crippen molar-refractivity contribution in [2.24, 2.45) is 0 Å². The predicted octanol–water partition coefficient (Wildman–Crippen LogP) is 3.13. The number of benzene rings is 1. The normalized spacial score (nSPS) is 11.9. The molecule has 0 radical (unpaired) electrons. The van der Waals surface area contributed by atoms with E-state index in [1.807, 2.05) is 43.5 Å². The van der Waals surface area contributed by atoms with Crippen LogP contribution in [0.1, 0.15) is 31.5 Å². The van der Waals surface area contributed by atoms with Crippen LogP contribution in [0.2, 0.25) is 0 Å². The van der Waals surface area contributed by atoms with Gasteiger partial charge in [-0.2, -0.15) is 0 Å². The molecule has 0 aliphatic rings. The average molecular weight is 285 g/mol. The van der Waals surface area contributed by atoms with Crippen LogP contribution in [-0.4, -0.2) is 16.6 Å². The van der Waals surface area contributed by atoms with E-state index in [1.165, 1.54) is 5.56 Å². The first-order valence-corrected chi connectivity index (χ1v) is 7.41. The molecule has 112 valence electrons. The van der Waals surface area contributed by atoms with Crippen LogP contribution >= 0.6 is 0 Å². The molecule has 21 heavy (non-hydrogen) atoms. The van der Waals surface area contributed by atoms with Gasteiger partial charge in [0, 0.05) is 24.5 Å². The Hall–Kier alpha value is -2.23. The van der Waals surface area contributed by atoms with Gasteiger partial charge in [-0.3, -0.25) is 0 Å². The molecule has 1 aromatic heterocycles. The molecule has 0 aliphatic heterocycles. The van der Waals surface area contributed by atoms with Crippen LogP contribution in [-0.2, 0) is 13.1 Å². The lowest BCUT2D eigenvalue weighted by Crippen LogP contribution is -2.40. The number of hydrogen-bond donors (Lipinski definition) is 2. The van der Waals surface area contributed by atoms with Crippen LogP contribution in [0.15, 0.2) is 48.7 Å². The number of nitrogens with one attached hydrogen (secondary N) is 2. The summed E-state index contributed by atoms with van der Waals surface area (Å²) in [6.45, 7) is 5.40. The minimum Gasteiger partial charge on any atom is -0.345 e. The van der Waals surface area contributed by atoms with Crippen LogP contribution < -0.4 is 10.6 Å². The van der Waals surface area contributed by atoms with Crippen molar-refractivity contribution in [2.45, 2.75) is 39.4 Å². The lowest BCUT2D eigenvalue weighted by atomic mass is 10.2. The average Bonchev–Trinajstić information content (AvgIpc) is 2.93. The molecule has 1 heterocycles. The molecular formula is C17H23N3O. The van der Waals surface area contributed by atoms with E-state index in [1.54, 1.807) is 0 Å². The number of hydrogen-bond acceptors (Lipinski definition) is 1. The van der Waals surface area contributed by atoms with Gasteiger partial charge in [-0.25, -0.2) is 4.79 Å². The monoisotopic (exact) mass is 285 g/mol. The van der Waals surface area contributed by atoms with Crippen molar-refractivity contribution >= 4 is 6.03 Å². The molecule has 4 nitrogen and oxygen atoms in total. The van der Waals surface area contributed by atoms with Crippen LogP contribution in [0.3, 0.4) is 0 Å². The summed E-state index contributed by atoms with van der Waals surface area (Å²) < 4.78 is 2.15. The Morgan fingerprint density at radius 2 is 1.95 bits per heavy atom. The molecule has 0 bridgehead atoms. The van der Waals surface area contributed by atoms with Crippen LogP contribution in [0, 0.1) is 0 Å². The van der Waals surface area contributed by atoms with Crippen molar-refractivity contribution in [1.82, 2.24) is 15.2 Å². The maximum atomic E-state index is 11.7. The van der Waals surface area contributed by atoms with Gasteiger partial charge in [0.1, 0.15) is 0 Å². The maximum Gasteiger partial charge on any atom is 0.315 e. The first-order valence-electron chi connectivity index (χ1n) is 7.41. The van der Waals surface area contributed by atoms with Crippen molar-refractivity contribution < 1.29 is 4.79 Å². The minimum atomic E-state index is -0.114. The van der Waals surface area contributed by atoms with E-state index in [2.05, 4.69) is 34.3 Å². The lowest BCUT2D eigenvalue weighted by molar-refractivity contribution is 0.237. The molecule has 2 N–H and O–H groups in total. The summed E-state index contributed by atoms with van der Waals surface area (Å²) in [5.41, 5.74) is 2.34. The highest BCUT2D eigenvalue weighted by molar-refractivity contribution is 5.74. The van der Waals surface area contributed by atoms with Crippen molar-refractivity contribution in [3.8, 4) is 0 Å². The molecule has 2 aromatic rings. The third kappa shape index (κ3) is 4.67. The Morgan fingerprint density at radius 3 is 2.67 bits per heavy atom. The third-order valence-electron chi connectivity index (χ3n) is 3.54. The van der Waals surface area contributed by atoms with Gasteiger partial charge in [0.25, 0.3) is 0 Å². The molecule has 4 heteroatoms. The first kappa shape index (κ1) is 15.2. The van der Waals surface area contributed by atoms with Gasteiger partial charge in [-0.1, -0.05) is 37.3 Å². The van der Waals surface area contributed by atoms with Gasteiger partial charge in [-0.05, 0) is 31.0 Å². The number of carbonyl (C=O) groups is 1. The summed E-state index contributed by atoms with van der Waals surface area (Å²) in [6.07, 6.45) is 2.97. The Bertz CT molecular complexity index is 562. The number of carbonyl (C=O) groups excluding carboxylic acids is 1. The summed E-state index contributed by atoms with van der Waals surface area (Å²) in [6, 6.07) is 14.4. The van der Waals surface area contributed by atoms with E-state index in [4.69, 9.17) is 0 Å². The number of urea groups is 1. The molecule has 1 atom stereocenters. The zero-order valence-corrected chi connectivity index (χ0v) is 12.7. The first-order chi connectivity index (χ1) is 10.2. The van der Waals surface area contributed by atoms with Gasteiger partial charge in [0.15, 0.2) is 0 Å². The molecule has 0 saturated heterocycles. The minimum absolute atomic E-state index is 0.114. The predicted molar refractivity (Wildman–Crippen MR) is 85.1 cm³/mol. The molecule has 0 saturated carbocycles. The summed E-state index contributed by atoms with van der Waals surface area (Å²) in [5, 5.41) is 5.81.